The van der Waals surface area contributed by atoms with Gasteiger partial charge in [-0.25, -0.2) is 0 Å². The van der Waals surface area contributed by atoms with Gasteiger partial charge in [-0.2, -0.15) is 0 Å². The summed E-state index contributed by atoms with van der Waals surface area (Å²) in [5.74, 6) is 0. The summed E-state index contributed by atoms with van der Waals surface area (Å²) in [7, 11) is 5.56. The summed E-state index contributed by atoms with van der Waals surface area (Å²) in [5, 5.41) is 0. The van der Waals surface area contributed by atoms with E-state index in [0.717, 1.165) is 16.7 Å². The van der Waals surface area contributed by atoms with Crippen LogP contribution in [0.1, 0.15) is 11.3 Å². The number of aromatic nitrogens is 1. The van der Waals surface area contributed by atoms with Gasteiger partial charge >= 0.3 is 0 Å². The van der Waals surface area contributed by atoms with Gasteiger partial charge < -0.3 is 0 Å². The van der Waals surface area contributed by atoms with Crippen molar-refractivity contribution >= 4 is 13.3 Å². The number of aryl methyl sites for hydroxylation is 2. The highest BCUT2D eigenvalue weighted by atomic mass is 14.7. The Morgan fingerprint density at radius 3 is 2.56 bits per heavy atom. The third kappa shape index (κ3) is 1.32. The van der Waals surface area contributed by atoms with Crippen LogP contribution < -0.4 is 5.46 Å². The Bertz CT molecular complexity index is 220. The predicted molar refractivity (Wildman–Crippen MR) is 39.1 cm³/mol. The van der Waals surface area contributed by atoms with Crippen LogP contribution in [0.4, 0.5) is 0 Å². The average molecular weight is 117 g/mol. The second kappa shape index (κ2) is 2.22. The molecule has 1 aromatic rings. The van der Waals surface area contributed by atoms with Crippen LogP contribution in [-0.2, 0) is 0 Å². The summed E-state index contributed by atoms with van der Waals surface area (Å²) in [6.45, 7) is 3.87. The van der Waals surface area contributed by atoms with Crippen LogP contribution in [0.15, 0.2) is 12.3 Å². The molecule has 0 fully saturated rings. The van der Waals surface area contributed by atoms with E-state index in [2.05, 4.69) is 4.98 Å². The van der Waals surface area contributed by atoms with Gasteiger partial charge in [0.1, 0.15) is 7.85 Å². The average Bonchev–Trinajstić information content (AvgIpc) is 1.80. The predicted octanol–water partition coefficient (Wildman–Crippen LogP) is 0.492. The van der Waals surface area contributed by atoms with Gasteiger partial charge in [0.2, 0.25) is 0 Å². The Kier molecular flexibility index (Phi) is 1.56. The maximum absolute atomic E-state index is 5.56. The van der Waals surface area contributed by atoms with Crippen molar-refractivity contribution in [2.75, 3.05) is 0 Å². The zero-order valence-corrected chi connectivity index (χ0v) is 5.68. The molecule has 1 rings (SSSR count). The van der Waals surface area contributed by atoms with Crippen LogP contribution in [0, 0.1) is 13.8 Å². The fourth-order valence-electron chi connectivity index (χ4n) is 0.660. The Hall–Kier alpha value is -0.785. The fraction of sp³-hybridized carbons (Fsp3) is 0.286. The first-order chi connectivity index (χ1) is 4.20. The summed E-state index contributed by atoms with van der Waals surface area (Å²) in [6.07, 6.45) is 1.81. The van der Waals surface area contributed by atoms with Gasteiger partial charge in [0.15, 0.2) is 0 Å². The fourth-order valence-corrected chi connectivity index (χ4v) is 0.660. The Balaban J connectivity index is 3.17. The molecule has 0 amide bonds. The molecule has 1 nitrogen and oxygen atoms in total. The quantitative estimate of drug-likeness (QED) is 0.450. The SMILES string of the molecule is [B]c1cc(C)cnc1C. The van der Waals surface area contributed by atoms with Crippen molar-refractivity contribution in [3.05, 3.63) is 23.5 Å². The summed E-state index contributed by atoms with van der Waals surface area (Å²) in [4.78, 5) is 4.05. The van der Waals surface area contributed by atoms with E-state index in [9.17, 15) is 0 Å². The first-order valence-electron chi connectivity index (χ1n) is 2.89. The highest BCUT2D eigenvalue weighted by molar-refractivity contribution is 6.33. The van der Waals surface area contributed by atoms with Crippen LogP contribution in [0.5, 0.6) is 0 Å². The highest BCUT2D eigenvalue weighted by Gasteiger charge is 1.90. The largest absolute Gasteiger partial charge is 0.262 e. The molecule has 9 heavy (non-hydrogen) atoms. The number of rotatable bonds is 0. The molecular formula is C7H8BN. The van der Waals surface area contributed by atoms with Crippen molar-refractivity contribution in [1.29, 1.82) is 0 Å². The van der Waals surface area contributed by atoms with Gasteiger partial charge in [-0.05, 0) is 19.4 Å². The van der Waals surface area contributed by atoms with Gasteiger partial charge in [-0.1, -0.05) is 11.5 Å². The molecule has 0 unspecified atom stereocenters. The summed E-state index contributed by atoms with van der Waals surface area (Å²) in [5.41, 5.74) is 2.79. The van der Waals surface area contributed by atoms with E-state index in [4.69, 9.17) is 7.85 Å². The second-order valence-corrected chi connectivity index (χ2v) is 2.19. The third-order valence-corrected chi connectivity index (χ3v) is 1.26. The van der Waals surface area contributed by atoms with Crippen molar-refractivity contribution in [2.24, 2.45) is 0 Å². The van der Waals surface area contributed by atoms with Gasteiger partial charge in [0.25, 0.3) is 0 Å². The highest BCUT2D eigenvalue weighted by Crippen LogP contribution is 1.91. The smallest absolute Gasteiger partial charge is 0.116 e. The number of pyridine rings is 1. The van der Waals surface area contributed by atoms with Crippen molar-refractivity contribution in [3.63, 3.8) is 0 Å². The topological polar surface area (TPSA) is 12.9 Å². The van der Waals surface area contributed by atoms with Crippen LogP contribution >= 0.6 is 0 Å². The molecule has 0 saturated carbocycles. The molecule has 1 aromatic heterocycles. The minimum atomic E-state index is 0.773. The molecule has 2 radical (unpaired) electrons. The maximum Gasteiger partial charge on any atom is 0.116 e. The first kappa shape index (κ1) is 6.34. The van der Waals surface area contributed by atoms with Crippen LogP contribution in [0.3, 0.4) is 0 Å². The normalized spacial score (nSPS) is 9.56. The number of hydrogen-bond donors (Lipinski definition) is 0. The van der Waals surface area contributed by atoms with Gasteiger partial charge in [0.05, 0.1) is 0 Å². The van der Waals surface area contributed by atoms with E-state index in [-0.39, 0.29) is 0 Å². The zero-order valence-electron chi connectivity index (χ0n) is 5.68. The molecule has 0 aliphatic carbocycles. The molecular weight excluding hydrogens is 109 g/mol. The van der Waals surface area contributed by atoms with Gasteiger partial charge in [0, 0.05) is 11.9 Å². The van der Waals surface area contributed by atoms with Crippen molar-refractivity contribution in [1.82, 2.24) is 4.98 Å². The molecule has 0 saturated heterocycles. The van der Waals surface area contributed by atoms with Crippen LogP contribution in [-0.4, -0.2) is 12.8 Å². The van der Waals surface area contributed by atoms with E-state index in [1.807, 2.05) is 26.1 Å². The van der Waals surface area contributed by atoms with E-state index in [1.54, 1.807) is 0 Å². The summed E-state index contributed by atoms with van der Waals surface area (Å²) >= 11 is 0. The lowest BCUT2D eigenvalue weighted by Crippen LogP contribution is -2.08. The molecule has 0 aromatic carbocycles. The lowest BCUT2D eigenvalue weighted by molar-refractivity contribution is 1.19. The molecule has 0 aliphatic rings. The Morgan fingerprint density at radius 1 is 1.44 bits per heavy atom. The second-order valence-electron chi connectivity index (χ2n) is 2.19. The van der Waals surface area contributed by atoms with Gasteiger partial charge in [-0.3, -0.25) is 4.98 Å². The molecule has 2 heteroatoms. The van der Waals surface area contributed by atoms with E-state index >= 15 is 0 Å². The lowest BCUT2D eigenvalue weighted by Gasteiger charge is -1.97. The van der Waals surface area contributed by atoms with Crippen molar-refractivity contribution in [2.45, 2.75) is 13.8 Å². The number of hydrogen-bond acceptors (Lipinski definition) is 1. The number of nitrogens with zero attached hydrogens (tertiary/aromatic N) is 1. The molecule has 1 heterocycles. The molecule has 0 bridgehead atoms. The van der Waals surface area contributed by atoms with E-state index in [1.165, 1.54) is 0 Å². The van der Waals surface area contributed by atoms with Crippen LogP contribution in [0.2, 0.25) is 0 Å². The monoisotopic (exact) mass is 117 g/mol. The summed E-state index contributed by atoms with van der Waals surface area (Å²) in [6, 6.07) is 1.92. The van der Waals surface area contributed by atoms with E-state index < -0.39 is 0 Å². The Labute approximate surface area is 56.5 Å². The molecule has 0 spiro atoms. The molecule has 0 N–H and O–H groups in total. The van der Waals surface area contributed by atoms with Crippen LogP contribution in [0.25, 0.3) is 0 Å². The molecule has 0 atom stereocenters. The van der Waals surface area contributed by atoms with E-state index in [0.29, 0.717) is 0 Å². The molecule has 44 valence electrons. The van der Waals surface area contributed by atoms with Crippen molar-refractivity contribution < 1.29 is 0 Å². The Morgan fingerprint density at radius 2 is 2.11 bits per heavy atom. The van der Waals surface area contributed by atoms with Gasteiger partial charge in [-0.15, -0.1) is 0 Å². The third-order valence-electron chi connectivity index (χ3n) is 1.26. The minimum absolute atomic E-state index is 0.773. The van der Waals surface area contributed by atoms with Crippen molar-refractivity contribution in [3.8, 4) is 0 Å². The minimum Gasteiger partial charge on any atom is -0.262 e. The zero-order chi connectivity index (χ0) is 6.85. The maximum atomic E-state index is 5.56. The first-order valence-corrected chi connectivity index (χ1v) is 2.89. The standard InChI is InChI=1S/C7H8BN/c1-5-3-7(8)6(2)9-4-5/h3-4H,1-2H3. The summed E-state index contributed by atoms with van der Waals surface area (Å²) < 4.78 is 0. The molecule has 0 aliphatic heterocycles. The lowest BCUT2D eigenvalue weighted by atomic mass is 9.94.